The van der Waals surface area contributed by atoms with E-state index >= 15 is 0 Å². The first-order valence-corrected chi connectivity index (χ1v) is 8.62. The lowest BCUT2D eigenvalue weighted by molar-refractivity contribution is -0.118. The highest BCUT2D eigenvalue weighted by Crippen LogP contribution is 2.25. The molecule has 0 fully saturated rings. The lowest BCUT2D eigenvalue weighted by atomic mass is 10.2. The Morgan fingerprint density at radius 3 is 2.81 bits per heavy atom. The van der Waals surface area contributed by atoms with Gasteiger partial charge in [-0.2, -0.15) is 4.98 Å². The average molecular weight is 370 g/mol. The van der Waals surface area contributed by atoms with E-state index in [2.05, 4.69) is 15.4 Å². The number of anilines is 1. The maximum atomic E-state index is 12.0. The Hall–Kier alpha value is -3.13. The molecule has 2 heterocycles. The Morgan fingerprint density at radius 1 is 1.26 bits per heavy atom. The van der Waals surface area contributed by atoms with Crippen LogP contribution in [0.1, 0.15) is 13.8 Å². The van der Waals surface area contributed by atoms with E-state index in [0.29, 0.717) is 30.5 Å². The molecule has 0 unspecified atom stereocenters. The van der Waals surface area contributed by atoms with Crippen molar-refractivity contribution in [3.8, 4) is 23.3 Å². The van der Waals surface area contributed by atoms with Crippen LogP contribution in [0.15, 0.2) is 47.1 Å². The van der Waals surface area contributed by atoms with Crippen LogP contribution in [0.5, 0.6) is 6.01 Å². The van der Waals surface area contributed by atoms with Crippen LogP contribution >= 0.6 is 0 Å². The summed E-state index contributed by atoms with van der Waals surface area (Å²) in [4.78, 5) is 16.4. The molecule has 1 amide bonds. The Morgan fingerprint density at radius 2 is 2.11 bits per heavy atom. The average Bonchev–Trinajstić information content (AvgIpc) is 3.31. The van der Waals surface area contributed by atoms with Crippen LogP contribution in [-0.4, -0.2) is 41.0 Å². The van der Waals surface area contributed by atoms with Gasteiger partial charge in [0.05, 0.1) is 18.6 Å². The summed E-state index contributed by atoms with van der Waals surface area (Å²) in [7, 11) is 1.60. The first kappa shape index (κ1) is 18.7. The molecule has 0 aliphatic carbocycles. The highest BCUT2D eigenvalue weighted by atomic mass is 16.5. The van der Waals surface area contributed by atoms with Gasteiger partial charge in [-0.15, -0.1) is 5.10 Å². The van der Waals surface area contributed by atoms with Crippen LogP contribution in [0.25, 0.3) is 17.3 Å². The molecule has 27 heavy (non-hydrogen) atoms. The minimum Gasteiger partial charge on any atom is -0.461 e. The maximum Gasteiger partial charge on any atom is 0.336 e. The largest absolute Gasteiger partial charge is 0.461 e. The number of methoxy groups -OCH3 is 1. The van der Waals surface area contributed by atoms with Crippen molar-refractivity contribution in [1.29, 1.82) is 0 Å². The molecule has 0 bridgehead atoms. The summed E-state index contributed by atoms with van der Waals surface area (Å²) in [6, 6.07) is 11.1. The molecular weight excluding hydrogens is 348 g/mol. The number of furan rings is 1. The maximum absolute atomic E-state index is 12.0. The summed E-state index contributed by atoms with van der Waals surface area (Å²) in [5.41, 5.74) is 1.39. The number of nitrogens with zero attached hydrogens (tertiary/aromatic N) is 3. The molecule has 0 aliphatic rings. The highest BCUT2D eigenvalue weighted by Gasteiger charge is 2.17. The van der Waals surface area contributed by atoms with Crippen molar-refractivity contribution >= 4 is 11.6 Å². The summed E-state index contributed by atoms with van der Waals surface area (Å²) in [5.74, 6) is 0.889. The summed E-state index contributed by atoms with van der Waals surface area (Å²) < 4.78 is 17.6. The van der Waals surface area contributed by atoms with Gasteiger partial charge in [0.25, 0.3) is 0 Å². The SMILES string of the molecule is COCCOc1nc(-c2ccco2)n(-c2cccc(NC(=O)C(C)C)c2)n1. The molecule has 142 valence electrons. The number of carbonyl (C=O) groups excluding carboxylic acids is 1. The molecule has 0 saturated carbocycles. The molecule has 3 rings (SSSR count). The number of hydrogen-bond donors (Lipinski definition) is 1. The van der Waals surface area contributed by atoms with Crippen LogP contribution in [0.3, 0.4) is 0 Å². The Kier molecular flexibility index (Phi) is 5.87. The third kappa shape index (κ3) is 4.53. The van der Waals surface area contributed by atoms with E-state index in [1.54, 1.807) is 30.2 Å². The smallest absolute Gasteiger partial charge is 0.336 e. The van der Waals surface area contributed by atoms with E-state index in [4.69, 9.17) is 13.9 Å². The van der Waals surface area contributed by atoms with E-state index in [0.717, 1.165) is 5.69 Å². The first-order valence-electron chi connectivity index (χ1n) is 8.62. The number of nitrogens with one attached hydrogen (secondary N) is 1. The molecule has 8 nitrogen and oxygen atoms in total. The second-order valence-corrected chi connectivity index (χ2v) is 6.14. The Labute approximate surface area is 157 Å². The van der Waals surface area contributed by atoms with E-state index in [1.165, 1.54) is 0 Å². The van der Waals surface area contributed by atoms with Crippen molar-refractivity contribution in [1.82, 2.24) is 14.8 Å². The number of aromatic nitrogens is 3. The van der Waals surface area contributed by atoms with E-state index < -0.39 is 0 Å². The van der Waals surface area contributed by atoms with E-state index in [9.17, 15) is 4.79 Å². The number of rotatable bonds is 8. The van der Waals surface area contributed by atoms with Crippen molar-refractivity contribution in [3.05, 3.63) is 42.7 Å². The van der Waals surface area contributed by atoms with Crippen LogP contribution in [0.4, 0.5) is 5.69 Å². The van der Waals surface area contributed by atoms with Gasteiger partial charge in [0.2, 0.25) is 11.7 Å². The second kappa shape index (κ2) is 8.50. The quantitative estimate of drug-likeness (QED) is 0.613. The predicted octanol–water partition coefficient (Wildman–Crippen LogP) is 3.15. The highest BCUT2D eigenvalue weighted by molar-refractivity contribution is 5.92. The molecule has 1 N–H and O–H groups in total. The molecule has 0 spiro atoms. The van der Waals surface area contributed by atoms with Crippen LogP contribution in [0.2, 0.25) is 0 Å². The topological polar surface area (TPSA) is 91.4 Å². The van der Waals surface area contributed by atoms with Gasteiger partial charge in [-0.05, 0) is 30.3 Å². The standard InChI is InChI=1S/C19H22N4O4/c1-13(2)18(24)20-14-6-4-7-15(12-14)23-17(16-8-5-9-26-16)21-19(22-23)27-11-10-25-3/h4-9,12-13H,10-11H2,1-3H3,(H,20,24). The number of ether oxygens (including phenoxy) is 2. The fourth-order valence-electron chi connectivity index (χ4n) is 2.32. The van der Waals surface area contributed by atoms with Gasteiger partial charge in [0, 0.05) is 18.7 Å². The van der Waals surface area contributed by atoms with Crippen LogP contribution in [0, 0.1) is 5.92 Å². The minimum absolute atomic E-state index is 0.0550. The van der Waals surface area contributed by atoms with E-state index in [-0.39, 0.29) is 17.8 Å². The van der Waals surface area contributed by atoms with Crippen molar-refractivity contribution in [2.24, 2.45) is 5.92 Å². The molecule has 8 heteroatoms. The lowest BCUT2D eigenvalue weighted by Gasteiger charge is -2.10. The van der Waals surface area contributed by atoms with Gasteiger partial charge in [-0.1, -0.05) is 19.9 Å². The summed E-state index contributed by atoms with van der Waals surface area (Å²) in [6.45, 7) is 4.45. The second-order valence-electron chi connectivity index (χ2n) is 6.14. The molecule has 3 aromatic rings. The van der Waals surface area contributed by atoms with Gasteiger partial charge in [-0.25, -0.2) is 4.68 Å². The summed E-state index contributed by atoms with van der Waals surface area (Å²) >= 11 is 0. The van der Waals surface area contributed by atoms with Crippen molar-refractivity contribution in [2.75, 3.05) is 25.6 Å². The zero-order valence-corrected chi connectivity index (χ0v) is 15.5. The molecular formula is C19H22N4O4. The number of amides is 1. The molecule has 0 aliphatic heterocycles. The van der Waals surface area contributed by atoms with Crippen LogP contribution < -0.4 is 10.1 Å². The first-order chi connectivity index (χ1) is 13.1. The Bertz CT molecular complexity index is 887. The summed E-state index contributed by atoms with van der Waals surface area (Å²) in [6.07, 6.45) is 1.57. The Balaban J connectivity index is 1.93. The molecule has 2 aromatic heterocycles. The zero-order valence-electron chi connectivity index (χ0n) is 15.5. The molecule has 0 saturated heterocycles. The number of benzene rings is 1. The van der Waals surface area contributed by atoms with Gasteiger partial charge in [0.15, 0.2) is 5.76 Å². The molecule has 1 aromatic carbocycles. The van der Waals surface area contributed by atoms with Crippen molar-refractivity contribution in [2.45, 2.75) is 13.8 Å². The third-order valence-corrected chi connectivity index (χ3v) is 3.73. The van der Waals surface area contributed by atoms with Gasteiger partial charge >= 0.3 is 6.01 Å². The normalized spacial score (nSPS) is 11.0. The molecule has 0 radical (unpaired) electrons. The minimum atomic E-state index is -0.112. The fraction of sp³-hybridized carbons (Fsp3) is 0.316. The van der Waals surface area contributed by atoms with Crippen molar-refractivity contribution < 1.29 is 18.7 Å². The number of carbonyl (C=O) groups is 1. The van der Waals surface area contributed by atoms with E-state index in [1.807, 2.05) is 38.1 Å². The lowest BCUT2D eigenvalue weighted by Crippen LogP contribution is -2.17. The van der Waals surface area contributed by atoms with Gasteiger partial charge in [-0.3, -0.25) is 4.79 Å². The van der Waals surface area contributed by atoms with Gasteiger partial charge in [0.1, 0.15) is 6.61 Å². The van der Waals surface area contributed by atoms with Crippen molar-refractivity contribution in [3.63, 3.8) is 0 Å². The molecule has 0 atom stereocenters. The van der Waals surface area contributed by atoms with Gasteiger partial charge < -0.3 is 19.2 Å². The number of hydrogen-bond acceptors (Lipinski definition) is 6. The summed E-state index contributed by atoms with van der Waals surface area (Å²) in [5, 5.41) is 7.30. The zero-order chi connectivity index (χ0) is 19.2. The fourth-order valence-corrected chi connectivity index (χ4v) is 2.32. The predicted molar refractivity (Wildman–Crippen MR) is 99.9 cm³/mol. The monoisotopic (exact) mass is 370 g/mol. The van der Waals surface area contributed by atoms with Crippen LogP contribution in [-0.2, 0) is 9.53 Å². The third-order valence-electron chi connectivity index (χ3n) is 3.73.